The summed E-state index contributed by atoms with van der Waals surface area (Å²) in [5, 5.41) is 45.2. The Kier molecular flexibility index (Phi) is 4.87. The number of benzene rings is 1. The van der Waals surface area contributed by atoms with Gasteiger partial charge in [-0.3, -0.25) is 14.4 Å². The minimum Gasteiger partial charge on any atom is -0.507 e. The SMILES string of the molecule is O=C1C(=O)/C(=C2/C(=O)C3=C4C(=C2O)CCCN4CCC3)C(O)=C1c1c(O)c2c3c(c1O)CCCN3CCC2. The number of Topliss-reactive ketones (excluding diaryl/α,β-unsaturated/α-hetero) is 3. The third-order valence-electron chi connectivity index (χ3n) is 8.90. The minimum absolute atomic E-state index is 0.272. The second-order valence-corrected chi connectivity index (χ2v) is 10.9. The third-order valence-corrected chi connectivity index (χ3v) is 8.90. The molecule has 0 spiro atoms. The summed E-state index contributed by atoms with van der Waals surface area (Å²) in [5.74, 6) is -4.66. The molecular formula is C29H28N2O7. The van der Waals surface area contributed by atoms with Crippen molar-refractivity contribution >= 4 is 28.6 Å². The first-order valence-electron chi connectivity index (χ1n) is 13.4. The van der Waals surface area contributed by atoms with E-state index >= 15 is 0 Å². The van der Waals surface area contributed by atoms with Crippen LogP contribution in [0.2, 0.25) is 0 Å². The normalized spacial score (nSPS) is 25.0. The van der Waals surface area contributed by atoms with Gasteiger partial charge in [-0.05, 0) is 51.4 Å². The predicted octanol–water partition coefficient (Wildman–Crippen LogP) is 3.05. The lowest BCUT2D eigenvalue weighted by atomic mass is 9.79. The molecule has 0 bridgehead atoms. The first-order chi connectivity index (χ1) is 18.3. The molecule has 2 aliphatic carbocycles. The summed E-state index contributed by atoms with van der Waals surface area (Å²) in [5.41, 5.74) is 1.97. The highest BCUT2D eigenvalue weighted by Crippen LogP contribution is 2.52. The molecule has 0 aromatic heterocycles. The number of hydrogen-bond acceptors (Lipinski definition) is 9. The van der Waals surface area contributed by atoms with E-state index in [0.717, 1.165) is 57.5 Å². The van der Waals surface area contributed by atoms with E-state index in [0.29, 0.717) is 53.7 Å². The molecule has 1 aromatic rings. The van der Waals surface area contributed by atoms with Crippen LogP contribution < -0.4 is 4.90 Å². The number of nitrogens with zero attached hydrogens (tertiary/aromatic N) is 2. The average Bonchev–Trinajstić information content (AvgIpc) is 3.14. The number of allylic oxidation sites excluding steroid dienone is 5. The number of phenols is 2. The zero-order valence-corrected chi connectivity index (χ0v) is 20.9. The Hall–Kier alpha value is -4.01. The Morgan fingerprint density at radius 3 is 1.66 bits per heavy atom. The van der Waals surface area contributed by atoms with Crippen molar-refractivity contribution in [2.75, 3.05) is 31.1 Å². The van der Waals surface area contributed by atoms with E-state index in [1.54, 1.807) is 0 Å². The van der Waals surface area contributed by atoms with Gasteiger partial charge >= 0.3 is 0 Å². The van der Waals surface area contributed by atoms with Crippen LogP contribution >= 0.6 is 0 Å². The van der Waals surface area contributed by atoms with Crippen LogP contribution in [0.25, 0.3) is 5.57 Å². The number of carbonyl (C=O) groups excluding carboxylic acids is 3. The Labute approximate surface area is 218 Å². The van der Waals surface area contributed by atoms with Gasteiger partial charge in [0.1, 0.15) is 23.0 Å². The second kappa shape index (κ2) is 7.99. The number of piperidine rings is 1. The fraction of sp³-hybridized carbons (Fsp3) is 0.414. The molecule has 7 rings (SSSR count). The third kappa shape index (κ3) is 2.84. The molecule has 4 N–H and O–H groups in total. The molecule has 0 saturated carbocycles. The van der Waals surface area contributed by atoms with Crippen molar-refractivity contribution in [2.45, 2.75) is 51.4 Å². The number of aliphatic hydroxyl groups excluding tert-OH is 2. The van der Waals surface area contributed by atoms with Crippen LogP contribution in [-0.2, 0) is 27.2 Å². The molecule has 0 atom stereocenters. The molecule has 0 amide bonds. The smallest absolute Gasteiger partial charge is 0.238 e. The van der Waals surface area contributed by atoms with Crippen LogP contribution in [-0.4, -0.2) is 68.9 Å². The highest BCUT2D eigenvalue weighted by atomic mass is 16.3. The molecule has 6 aliphatic rings. The van der Waals surface area contributed by atoms with Crippen molar-refractivity contribution in [3.05, 3.63) is 56.2 Å². The van der Waals surface area contributed by atoms with E-state index in [9.17, 15) is 34.8 Å². The van der Waals surface area contributed by atoms with Crippen LogP contribution in [0.15, 0.2) is 39.5 Å². The maximum absolute atomic E-state index is 13.7. The van der Waals surface area contributed by atoms with Crippen molar-refractivity contribution in [3.8, 4) is 11.5 Å². The number of carbonyl (C=O) groups is 3. The van der Waals surface area contributed by atoms with E-state index < -0.39 is 34.3 Å². The monoisotopic (exact) mass is 516 g/mol. The Morgan fingerprint density at radius 2 is 1.03 bits per heavy atom. The number of aromatic hydroxyl groups is 2. The molecular weight excluding hydrogens is 488 g/mol. The molecule has 1 saturated heterocycles. The number of hydrogen-bond donors (Lipinski definition) is 4. The highest BCUT2D eigenvalue weighted by Gasteiger charge is 2.47. The average molecular weight is 517 g/mol. The summed E-state index contributed by atoms with van der Waals surface area (Å²) in [6, 6.07) is 0. The minimum atomic E-state index is -1.13. The molecule has 196 valence electrons. The summed E-state index contributed by atoms with van der Waals surface area (Å²) in [7, 11) is 0. The molecule has 4 aliphatic heterocycles. The van der Waals surface area contributed by atoms with E-state index in [2.05, 4.69) is 9.80 Å². The maximum Gasteiger partial charge on any atom is 0.238 e. The molecule has 1 aromatic carbocycles. The lowest BCUT2D eigenvalue weighted by Gasteiger charge is -2.41. The zero-order valence-electron chi connectivity index (χ0n) is 20.9. The van der Waals surface area contributed by atoms with Gasteiger partial charge in [-0.1, -0.05) is 0 Å². The van der Waals surface area contributed by atoms with Crippen molar-refractivity contribution in [1.29, 1.82) is 0 Å². The van der Waals surface area contributed by atoms with Crippen molar-refractivity contribution in [1.82, 2.24) is 4.90 Å². The molecule has 9 nitrogen and oxygen atoms in total. The number of ketones is 3. The van der Waals surface area contributed by atoms with E-state index in [4.69, 9.17) is 0 Å². The van der Waals surface area contributed by atoms with Gasteiger partial charge in [-0.2, -0.15) is 0 Å². The van der Waals surface area contributed by atoms with Crippen LogP contribution in [0.4, 0.5) is 5.69 Å². The number of anilines is 1. The summed E-state index contributed by atoms with van der Waals surface area (Å²) in [4.78, 5) is 44.6. The quantitative estimate of drug-likeness (QED) is 0.328. The molecule has 38 heavy (non-hydrogen) atoms. The first kappa shape index (κ1) is 23.1. The largest absolute Gasteiger partial charge is 0.507 e. The lowest BCUT2D eigenvalue weighted by molar-refractivity contribution is -0.130. The molecule has 4 heterocycles. The van der Waals surface area contributed by atoms with E-state index in [-0.39, 0.29) is 28.4 Å². The summed E-state index contributed by atoms with van der Waals surface area (Å²) in [6.45, 7) is 3.15. The molecule has 0 unspecified atom stereocenters. The van der Waals surface area contributed by atoms with Crippen LogP contribution in [0.3, 0.4) is 0 Å². The van der Waals surface area contributed by atoms with Gasteiger partial charge in [-0.15, -0.1) is 0 Å². The van der Waals surface area contributed by atoms with E-state index in [1.807, 2.05) is 0 Å². The fourth-order valence-corrected chi connectivity index (χ4v) is 7.29. The van der Waals surface area contributed by atoms with Gasteiger partial charge in [-0.25, -0.2) is 0 Å². The van der Waals surface area contributed by atoms with Crippen LogP contribution in [0.1, 0.15) is 55.2 Å². The standard InChI is InChI=1S/C29H28N2O7/c32-23-13-5-1-9-30-10-2-6-14(21(13)30)24(33)17(23)19-27(36)20(29(38)28(19)37)18-25(34)15-7-3-11-31-12-4-8-16(22(15)31)26(18)35/h32-34,36H,1-12H2/b20-18+. The Morgan fingerprint density at radius 1 is 0.526 bits per heavy atom. The van der Waals surface area contributed by atoms with Crippen LogP contribution in [0, 0.1) is 0 Å². The fourth-order valence-electron chi connectivity index (χ4n) is 7.29. The predicted molar refractivity (Wildman–Crippen MR) is 137 cm³/mol. The van der Waals surface area contributed by atoms with Crippen molar-refractivity contribution in [2.24, 2.45) is 0 Å². The topological polar surface area (TPSA) is 139 Å². The Balaban J connectivity index is 1.47. The van der Waals surface area contributed by atoms with Gasteiger partial charge in [0.25, 0.3) is 0 Å². The van der Waals surface area contributed by atoms with Crippen molar-refractivity contribution < 1.29 is 34.8 Å². The van der Waals surface area contributed by atoms with Gasteiger partial charge in [0, 0.05) is 48.5 Å². The van der Waals surface area contributed by atoms with Gasteiger partial charge in [0.05, 0.1) is 33.7 Å². The van der Waals surface area contributed by atoms with Gasteiger partial charge < -0.3 is 30.2 Å². The van der Waals surface area contributed by atoms with E-state index in [1.165, 1.54) is 0 Å². The number of aliphatic hydroxyl groups is 2. The lowest BCUT2D eigenvalue weighted by Crippen LogP contribution is -2.39. The summed E-state index contributed by atoms with van der Waals surface area (Å²) >= 11 is 0. The molecule has 9 heteroatoms. The van der Waals surface area contributed by atoms with Gasteiger partial charge in [0.2, 0.25) is 11.6 Å². The first-order valence-corrected chi connectivity index (χ1v) is 13.4. The molecule has 1 fully saturated rings. The number of rotatable bonds is 1. The van der Waals surface area contributed by atoms with Crippen LogP contribution in [0.5, 0.6) is 11.5 Å². The Bertz CT molecular complexity index is 1490. The summed E-state index contributed by atoms with van der Waals surface area (Å²) < 4.78 is 0. The molecule has 0 radical (unpaired) electrons. The number of phenolic OH excluding ortho intramolecular Hbond substituents is 2. The highest BCUT2D eigenvalue weighted by molar-refractivity contribution is 6.64. The zero-order chi connectivity index (χ0) is 26.5. The van der Waals surface area contributed by atoms with Gasteiger partial charge in [0.15, 0.2) is 5.78 Å². The summed E-state index contributed by atoms with van der Waals surface area (Å²) in [6.07, 6.45) is 5.12. The second-order valence-electron chi connectivity index (χ2n) is 10.9. The van der Waals surface area contributed by atoms with Crippen molar-refractivity contribution in [3.63, 3.8) is 0 Å². The maximum atomic E-state index is 13.7.